The Hall–Kier alpha value is -4.25. The number of phenolic OH excluding ortho intramolecular Hbond substituents is 2. The van der Waals surface area contributed by atoms with E-state index in [0.717, 1.165) is 16.7 Å². The van der Waals surface area contributed by atoms with Crippen LogP contribution in [0.15, 0.2) is 91.0 Å². The van der Waals surface area contributed by atoms with E-state index in [4.69, 9.17) is 9.47 Å². The molecule has 0 bridgehead atoms. The van der Waals surface area contributed by atoms with Crippen LogP contribution in [-0.4, -0.2) is 16.0 Å². The molecule has 5 rings (SSSR count). The van der Waals surface area contributed by atoms with Crippen molar-refractivity contribution in [3.8, 4) is 23.0 Å². The summed E-state index contributed by atoms with van der Waals surface area (Å²) < 4.78 is 12.3. The van der Waals surface area contributed by atoms with E-state index in [-0.39, 0.29) is 41.4 Å². The predicted molar refractivity (Wildman–Crippen MR) is 129 cm³/mol. The van der Waals surface area contributed by atoms with E-state index >= 15 is 0 Å². The molecule has 1 unspecified atom stereocenters. The average Bonchev–Trinajstić information content (AvgIpc) is 2.86. The van der Waals surface area contributed by atoms with Gasteiger partial charge in [0, 0.05) is 18.1 Å². The van der Waals surface area contributed by atoms with Gasteiger partial charge in [0.15, 0.2) is 5.78 Å². The van der Waals surface area contributed by atoms with Crippen LogP contribution in [0.25, 0.3) is 0 Å². The number of hydrogen-bond acceptors (Lipinski definition) is 5. The minimum Gasteiger partial charge on any atom is -0.507 e. The van der Waals surface area contributed by atoms with Crippen molar-refractivity contribution in [3.05, 3.63) is 119 Å². The van der Waals surface area contributed by atoms with Crippen LogP contribution in [0.5, 0.6) is 23.0 Å². The lowest BCUT2D eigenvalue weighted by atomic mass is 9.91. The van der Waals surface area contributed by atoms with E-state index in [0.29, 0.717) is 17.9 Å². The number of para-hydroxylation sites is 1. The van der Waals surface area contributed by atoms with Gasteiger partial charge in [-0.05, 0) is 22.8 Å². The average molecular weight is 453 g/mol. The summed E-state index contributed by atoms with van der Waals surface area (Å²) in [6, 6.07) is 28.1. The number of ether oxygens (including phenoxy) is 2. The number of benzene rings is 4. The van der Waals surface area contributed by atoms with E-state index in [9.17, 15) is 15.0 Å². The van der Waals surface area contributed by atoms with Gasteiger partial charge in [-0.1, -0.05) is 78.9 Å². The number of phenols is 2. The number of rotatable bonds is 6. The lowest BCUT2D eigenvalue weighted by Crippen LogP contribution is -2.21. The second kappa shape index (κ2) is 9.32. The molecule has 0 spiro atoms. The number of fused-ring (bicyclic) bond motifs is 1. The number of carbonyl (C=O) groups excluding carboxylic acids is 1. The monoisotopic (exact) mass is 452 g/mol. The first-order valence-electron chi connectivity index (χ1n) is 11.2. The maximum absolute atomic E-state index is 13.0. The van der Waals surface area contributed by atoms with Gasteiger partial charge in [0.05, 0.1) is 6.42 Å². The van der Waals surface area contributed by atoms with Crippen molar-refractivity contribution in [2.75, 3.05) is 0 Å². The summed E-state index contributed by atoms with van der Waals surface area (Å²) in [7, 11) is 0. The van der Waals surface area contributed by atoms with E-state index in [1.807, 2.05) is 84.9 Å². The fourth-order valence-electron chi connectivity index (χ4n) is 4.27. The third-order valence-electron chi connectivity index (χ3n) is 6.00. The maximum atomic E-state index is 13.0. The number of Topliss-reactive ketones (excluding diaryl/α,β-unsaturated/α-hetero) is 1. The quantitative estimate of drug-likeness (QED) is 0.377. The van der Waals surface area contributed by atoms with Crippen LogP contribution < -0.4 is 9.47 Å². The van der Waals surface area contributed by atoms with Gasteiger partial charge in [0.1, 0.15) is 41.3 Å². The van der Waals surface area contributed by atoms with Crippen molar-refractivity contribution in [1.29, 1.82) is 0 Å². The molecule has 1 aliphatic heterocycles. The van der Waals surface area contributed by atoms with Crippen LogP contribution in [0.1, 0.15) is 45.1 Å². The summed E-state index contributed by atoms with van der Waals surface area (Å²) in [5.74, 6) is 0.272. The SMILES string of the molecule is O=C1CC(c2ccccc2)Oc2c(Cc3ccccc3OCc3ccccc3)c(O)cc(O)c21. The second-order valence-corrected chi connectivity index (χ2v) is 8.30. The molecule has 5 heteroatoms. The smallest absolute Gasteiger partial charge is 0.174 e. The Balaban J connectivity index is 1.49. The van der Waals surface area contributed by atoms with Crippen LogP contribution in [0.3, 0.4) is 0 Å². The minimum atomic E-state index is -0.495. The summed E-state index contributed by atoms with van der Waals surface area (Å²) in [5, 5.41) is 21.2. The predicted octanol–water partition coefficient (Wildman–Crippen LogP) is 5.97. The molecule has 0 saturated heterocycles. The van der Waals surface area contributed by atoms with E-state index in [2.05, 4.69) is 0 Å². The number of hydrogen-bond donors (Lipinski definition) is 2. The van der Waals surface area contributed by atoms with Crippen LogP contribution >= 0.6 is 0 Å². The van der Waals surface area contributed by atoms with Gasteiger partial charge in [-0.3, -0.25) is 4.79 Å². The molecule has 170 valence electrons. The van der Waals surface area contributed by atoms with Gasteiger partial charge >= 0.3 is 0 Å². The van der Waals surface area contributed by atoms with Gasteiger partial charge in [-0.25, -0.2) is 0 Å². The van der Waals surface area contributed by atoms with E-state index in [1.165, 1.54) is 6.07 Å². The third kappa shape index (κ3) is 4.33. The molecule has 0 amide bonds. The van der Waals surface area contributed by atoms with Crippen molar-refractivity contribution in [1.82, 2.24) is 0 Å². The van der Waals surface area contributed by atoms with Crippen LogP contribution in [0.4, 0.5) is 0 Å². The normalized spacial score (nSPS) is 14.8. The standard InChI is InChI=1S/C29H24O5/c30-23-16-24(31)28-25(32)17-27(20-11-5-2-6-12-20)34-29(28)22(23)15-21-13-7-8-14-26(21)33-18-19-9-3-1-4-10-19/h1-14,16,27,30-31H,15,17-18H2. The van der Waals surface area contributed by atoms with E-state index in [1.54, 1.807) is 0 Å². The molecule has 1 heterocycles. The fourth-order valence-corrected chi connectivity index (χ4v) is 4.27. The molecule has 0 fully saturated rings. The van der Waals surface area contributed by atoms with Gasteiger partial charge < -0.3 is 19.7 Å². The zero-order chi connectivity index (χ0) is 23.5. The highest BCUT2D eigenvalue weighted by Crippen LogP contribution is 2.46. The maximum Gasteiger partial charge on any atom is 0.174 e. The molecule has 4 aromatic rings. The highest BCUT2D eigenvalue weighted by Gasteiger charge is 2.33. The summed E-state index contributed by atoms with van der Waals surface area (Å²) in [6.07, 6.45) is -0.106. The first kappa shape index (κ1) is 21.6. The Kier molecular flexibility index (Phi) is 5.91. The lowest BCUT2D eigenvalue weighted by molar-refractivity contribution is 0.0842. The minimum absolute atomic E-state index is 0.114. The molecule has 1 aliphatic rings. The van der Waals surface area contributed by atoms with Crippen molar-refractivity contribution in [2.24, 2.45) is 0 Å². The van der Waals surface area contributed by atoms with Crippen LogP contribution in [0.2, 0.25) is 0 Å². The molecule has 0 aromatic heterocycles. The van der Waals surface area contributed by atoms with Crippen LogP contribution in [-0.2, 0) is 13.0 Å². The third-order valence-corrected chi connectivity index (χ3v) is 6.00. The topological polar surface area (TPSA) is 76.0 Å². The molecule has 0 saturated carbocycles. The number of carbonyl (C=O) groups is 1. The molecular formula is C29H24O5. The molecule has 34 heavy (non-hydrogen) atoms. The van der Waals surface area contributed by atoms with Crippen molar-refractivity contribution < 1.29 is 24.5 Å². The Morgan fingerprint density at radius 3 is 2.29 bits per heavy atom. The molecule has 0 radical (unpaired) electrons. The highest BCUT2D eigenvalue weighted by molar-refractivity contribution is 6.03. The molecule has 2 N–H and O–H groups in total. The highest BCUT2D eigenvalue weighted by atomic mass is 16.5. The summed E-state index contributed by atoms with van der Waals surface area (Å²) >= 11 is 0. The zero-order valence-electron chi connectivity index (χ0n) is 18.5. The Labute approximate surface area is 197 Å². The summed E-state index contributed by atoms with van der Waals surface area (Å²) in [4.78, 5) is 13.0. The molecule has 1 atom stereocenters. The van der Waals surface area contributed by atoms with Crippen LogP contribution in [0, 0.1) is 0 Å². The summed E-state index contributed by atoms with van der Waals surface area (Å²) in [5.41, 5.74) is 3.29. The first-order chi connectivity index (χ1) is 16.6. The lowest BCUT2D eigenvalue weighted by Gasteiger charge is -2.28. The van der Waals surface area contributed by atoms with Crippen molar-refractivity contribution in [3.63, 3.8) is 0 Å². The fraction of sp³-hybridized carbons (Fsp3) is 0.138. The Bertz CT molecular complexity index is 1320. The Morgan fingerprint density at radius 1 is 0.853 bits per heavy atom. The largest absolute Gasteiger partial charge is 0.507 e. The Morgan fingerprint density at radius 2 is 1.53 bits per heavy atom. The second-order valence-electron chi connectivity index (χ2n) is 8.30. The van der Waals surface area contributed by atoms with Gasteiger partial charge in [-0.2, -0.15) is 0 Å². The van der Waals surface area contributed by atoms with Gasteiger partial charge in [0.25, 0.3) is 0 Å². The van der Waals surface area contributed by atoms with Gasteiger partial charge in [0.2, 0.25) is 0 Å². The van der Waals surface area contributed by atoms with Crippen molar-refractivity contribution in [2.45, 2.75) is 25.6 Å². The number of aromatic hydroxyl groups is 2. The van der Waals surface area contributed by atoms with Crippen molar-refractivity contribution >= 4 is 5.78 Å². The summed E-state index contributed by atoms with van der Waals surface area (Å²) in [6.45, 7) is 0.405. The zero-order valence-corrected chi connectivity index (χ0v) is 18.5. The molecule has 0 aliphatic carbocycles. The first-order valence-corrected chi connectivity index (χ1v) is 11.2. The number of ketones is 1. The molecular weight excluding hydrogens is 428 g/mol. The van der Waals surface area contributed by atoms with E-state index < -0.39 is 6.10 Å². The molecule has 5 nitrogen and oxygen atoms in total. The van der Waals surface area contributed by atoms with Gasteiger partial charge in [-0.15, -0.1) is 0 Å². The molecule has 4 aromatic carbocycles.